The summed E-state index contributed by atoms with van der Waals surface area (Å²) in [6.45, 7) is 0. The normalized spacial score (nSPS) is 13.7. The van der Waals surface area contributed by atoms with Gasteiger partial charge < -0.3 is 14.6 Å². The van der Waals surface area contributed by atoms with Crippen molar-refractivity contribution in [3.8, 4) is 0 Å². The maximum atomic E-state index is 12.8. The fourth-order valence-corrected chi connectivity index (χ4v) is 2.93. The SMILES string of the molecule is O=C(NC(C(=O)ON1C(=O)c2ccccc2C1=O)c1ccccc1)c1ccco1. The van der Waals surface area contributed by atoms with Gasteiger partial charge in [0.05, 0.1) is 17.4 Å². The van der Waals surface area contributed by atoms with Gasteiger partial charge in [0.25, 0.3) is 17.7 Å². The summed E-state index contributed by atoms with van der Waals surface area (Å²) in [4.78, 5) is 55.2. The Kier molecular flexibility index (Phi) is 4.66. The van der Waals surface area contributed by atoms with Crippen molar-refractivity contribution in [2.75, 3.05) is 0 Å². The number of hydrogen-bond donors (Lipinski definition) is 1. The molecule has 2 heterocycles. The molecule has 144 valence electrons. The minimum Gasteiger partial charge on any atom is -0.459 e. The van der Waals surface area contributed by atoms with E-state index in [1.165, 1.54) is 30.5 Å². The Bertz CT molecular complexity index is 1060. The number of amides is 3. The molecule has 0 saturated carbocycles. The monoisotopic (exact) mass is 390 g/mol. The number of nitrogens with one attached hydrogen (secondary N) is 1. The molecule has 0 spiro atoms. The van der Waals surface area contributed by atoms with E-state index in [0.29, 0.717) is 10.6 Å². The lowest BCUT2D eigenvalue weighted by atomic mass is 10.1. The standard InChI is InChI=1S/C21H14N2O6/c24-18(16-11-6-12-28-16)22-17(13-7-2-1-3-8-13)21(27)29-23-19(25)14-9-4-5-10-15(14)20(23)26/h1-12,17H,(H,22,24). The first-order valence-corrected chi connectivity index (χ1v) is 8.65. The molecule has 1 N–H and O–H groups in total. The number of carbonyl (C=O) groups is 4. The second-order valence-electron chi connectivity index (χ2n) is 6.16. The maximum Gasteiger partial charge on any atom is 0.359 e. The highest BCUT2D eigenvalue weighted by atomic mass is 16.7. The van der Waals surface area contributed by atoms with Crippen LogP contribution in [0.1, 0.15) is 42.9 Å². The molecule has 1 aliphatic heterocycles. The Morgan fingerprint density at radius 2 is 1.48 bits per heavy atom. The Morgan fingerprint density at radius 1 is 0.862 bits per heavy atom. The van der Waals surface area contributed by atoms with Gasteiger partial charge in [-0.25, -0.2) is 4.79 Å². The van der Waals surface area contributed by atoms with Crippen molar-refractivity contribution in [3.05, 3.63) is 95.4 Å². The van der Waals surface area contributed by atoms with E-state index in [-0.39, 0.29) is 16.9 Å². The number of nitrogens with zero attached hydrogens (tertiary/aromatic N) is 1. The van der Waals surface area contributed by atoms with E-state index in [4.69, 9.17) is 9.25 Å². The van der Waals surface area contributed by atoms with E-state index >= 15 is 0 Å². The highest BCUT2D eigenvalue weighted by Crippen LogP contribution is 2.24. The third-order valence-electron chi connectivity index (χ3n) is 4.33. The fourth-order valence-electron chi connectivity index (χ4n) is 2.93. The number of benzene rings is 2. The molecule has 4 rings (SSSR count). The van der Waals surface area contributed by atoms with Crippen LogP contribution in [0.2, 0.25) is 0 Å². The molecule has 0 aliphatic carbocycles. The smallest absolute Gasteiger partial charge is 0.359 e. The molecule has 0 saturated heterocycles. The summed E-state index contributed by atoms with van der Waals surface area (Å²) in [5.74, 6) is -3.14. The van der Waals surface area contributed by atoms with Gasteiger partial charge in [0, 0.05) is 0 Å². The lowest BCUT2D eigenvalue weighted by Crippen LogP contribution is -2.40. The maximum absolute atomic E-state index is 12.8. The van der Waals surface area contributed by atoms with Crippen LogP contribution in [0.4, 0.5) is 0 Å². The summed E-state index contributed by atoms with van der Waals surface area (Å²) in [5, 5.41) is 2.91. The Morgan fingerprint density at radius 3 is 2.07 bits per heavy atom. The van der Waals surface area contributed by atoms with Crippen LogP contribution in [-0.4, -0.2) is 28.8 Å². The Hall–Kier alpha value is -4.20. The molecule has 1 unspecified atom stereocenters. The molecular weight excluding hydrogens is 376 g/mol. The largest absolute Gasteiger partial charge is 0.459 e. The predicted molar refractivity (Wildman–Crippen MR) is 98.4 cm³/mol. The molecule has 1 aromatic heterocycles. The topological polar surface area (TPSA) is 106 Å². The minimum atomic E-state index is -1.27. The van der Waals surface area contributed by atoms with Crippen LogP contribution in [0, 0.1) is 0 Å². The Labute approximate surface area is 164 Å². The molecule has 1 aliphatic rings. The fraction of sp³-hybridized carbons (Fsp3) is 0.0476. The van der Waals surface area contributed by atoms with Crippen LogP contribution < -0.4 is 5.32 Å². The summed E-state index contributed by atoms with van der Waals surface area (Å²) in [7, 11) is 0. The second-order valence-corrected chi connectivity index (χ2v) is 6.16. The van der Waals surface area contributed by atoms with Crippen LogP contribution in [0.3, 0.4) is 0 Å². The molecule has 3 aromatic rings. The molecule has 1 atom stereocenters. The van der Waals surface area contributed by atoms with Crippen LogP contribution in [-0.2, 0) is 9.63 Å². The lowest BCUT2D eigenvalue weighted by Gasteiger charge is -2.20. The number of fused-ring (bicyclic) bond motifs is 1. The van der Waals surface area contributed by atoms with E-state index in [2.05, 4.69) is 5.32 Å². The first kappa shape index (κ1) is 18.2. The van der Waals surface area contributed by atoms with Gasteiger partial charge in [0.2, 0.25) is 0 Å². The number of furan rings is 1. The van der Waals surface area contributed by atoms with E-state index in [9.17, 15) is 19.2 Å². The van der Waals surface area contributed by atoms with Crippen molar-refractivity contribution < 1.29 is 28.4 Å². The van der Waals surface area contributed by atoms with Crippen LogP contribution >= 0.6 is 0 Å². The first-order valence-electron chi connectivity index (χ1n) is 8.65. The molecule has 0 bridgehead atoms. The predicted octanol–water partition coefficient (Wildman–Crippen LogP) is 2.51. The summed E-state index contributed by atoms with van der Waals surface area (Å²) < 4.78 is 5.04. The second kappa shape index (κ2) is 7.43. The first-order chi connectivity index (χ1) is 14.1. The van der Waals surface area contributed by atoms with E-state index in [0.717, 1.165) is 0 Å². The number of carbonyl (C=O) groups excluding carboxylic acids is 4. The molecule has 0 fully saturated rings. The highest BCUT2D eigenvalue weighted by Gasteiger charge is 2.40. The van der Waals surface area contributed by atoms with Gasteiger partial charge in [-0.3, -0.25) is 14.4 Å². The van der Waals surface area contributed by atoms with Crippen molar-refractivity contribution in [1.82, 2.24) is 10.4 Å². The molecular formula is C21H14N2O6. The van der Waals surface area contributed by atoms with E-state index in [1.54, 1.807) is 42.5 Å². The lowest BCUT2D eigenvalue weighted by molar-refractivity contribution is -0.171. The van der Waals surface area contributed by atoms with Gasteiger partial charge in [-0.15, -0.1) is 0 Å². The van der Waals surface area contributed by atoms with Crippen LogP contribution in [0.25, 0.3) is 0 Å². The minimum absolute atomic E-state index is 0.000499. The van der Waals surface area contributed by atoms with Crippen molar-refractivity contribution >= 4 is 23.7 Å². The van der Waals surface area contributed by atoms with Crippen LogP contribution in [0.5, 0.6) is 0 Å². The number of rotatable bonds is 5. The third-order valence-corrected chi connectivity index (χ3v) is 4.33. The number of hydrogen-bond acceptors (Lipinski definition) is 6. The van der Waals surface area contributed by atoms with Crippen molar-refractivity contribution in [3.63, 3.8) is 0 Å². The Balaban J connectivity index is 1.58. The van der Waals surface area contributed by atoms with E-state index in [1.807, 2.05) is 0 Å². The zero-order chi connectivity index (χ0) is 20.4. The van der Waals surface area contributed by atoms with Gasteiger partial charge in [-0.2, -0.15) is 0 Å². The van der Waals surface area contributed by atoms with Gasteiger partial charge in [0.15, 0.2) is 11.8 Å². The molecule has 2 aromatic carbocycles. The third kappa shape index (κ3) is 3.39. The van der Waals surface area contributed by atoms with Gasteiger partial charge in [-0.1, -0.05) is 47.5 Å². The summed E-state index contributed by atoms with van der Waals surface area (Å²) in [5.41, 5.74) is 0.691. The molecule has 3 amide bonds. The average Bonchev–Trinajstić information content (AvgIpc) is 3.37. The van der Waals surface area contributed by atoms with Gasteiger partial charge in [0.1, 0.15) is 0 Å². The molecule has 29 heavy (non-hydrogen) atoms. The van der Waals surface area contributed by atoms with Crippen molar-refractivity contribution in [2.24, 2.45) is 0 Å². The number of hydroxylamine groups is 2. The number of imide groups is 1. The van der Waals surface area contributed by atoms with E-state index < -0.39 is 29.7 Å². The summed E-state index contributed by atoms with van der Waals surface area (Å²) in [6, 6.07) is 16.2. The molecule has 0 radical (unpaired) electrons. The highest BCUT2D eigenvalue weighted by molar-refractivity contribution is 6.21. The van der Waals surface area contributed by atoms with Crippen LogP contribution in [0.15, 0.2) is 77.4 Å². The van der Waals surface area contributed by atoms with Gasteiger partial charge in [-0.05, 0) is 29.8 Å². The zero-order valence-corrected chi connectivity index (χ0v) is 14.9. The quantitative estimate of drug-likeness (QED) is 0.671. The molecule has 8 heteroatoms. The summed E-state index contributed by atoms with van der Waals surface area (Å²) in [6.07, 6.45) is 1.32. The van der Waals surface area contributed by atoms with Gasteiger partial charge >= 0.3 is 5.97 Å². The van der Waals surface area contributed by atoms with Crippen molar-refractivity contribution in [2.45, 2.75) is 6.04 Å². The zero-order valence-electron chi connectivity index (χ0n) is 14.9. The molecule has 8 nitrogen and oxygen atoms in total. The average molecular weight is 390 g/mol. The van der Waals surface area contributed by atoms with Crippen molar-refractivity contribution in [1.29, 1.82) is 0 Å². The summed E-state index contributed by atoms with van der Waals surface area (Å²) >= 11 is 0.